The van der Waals surface area contributed by atoms with Gasteiger partial charge in [-0.25, -0.2) is 0 Å². The zero-order valence-electron chi connectivity index (χ0n) is 13.3. The predicted molar refractivity (Wildman–Crippen MR) is 83.4 cm³/mol. The van der Waals surface area contributed by atoms with Crippen LogP contribution in [0.5, 0.6) is 0 Å². The highest BCUT2D eigenvalue weighted by atomic mass is 16.5. The summed E-state index contributed by atoms with van der Waals surface area (Å²) in [5, 5.41) is 0. The largest absolute Gasteiger partial charge is 0.468 e. The molecule has 0 unspecified atom stereocenters. The van der Waals surface area contributed by atoms with Gasteiger partial charge in [-0.3, -0.25) is 9.59 Å². The third-order valence-corrected chi connectivity index (χ3v) is 3.36. The summed E-state index contributed by atoms with van der Waals surface area (Å²) < 4.78 is 4.59. The maximum absolute atomic E-state index is 12.1. The van der Waals surface area contributed by atoms with Crippen LogP contribution >= 0.6 is 0 Å². The second-order valence-corrected chi connectivity index (χ2v) is 5.04. The van der Waals surface area contributed by atoms with Crippen LogP contribution in [-0.4, -0.2) is 51.1 Å². The molecule has 1 aromatic carbocycles. The number of anilines is 1. The molecule has 0 bridgehead atoms. The van der Waals surface area contributed by atoms with E-state index in [1.807, 2.05) is 50.2 Å². The van der Waals surface area contributed by atoms with E-state index in [4.69, 9.17) is 0 Å². The van der Waals surface area contributed by atoms with E-state index in [1.54, 1.807) is 0 Å². The first kappa shape index (κ1) is 17.0. The van der Waals surface area contributed by atoms with Crippen molar-refractivity contribution in [1.29, 1.82) is 0 Å². The molecular formula is C16H24N2O3. The van der Waals surface area contributed by atoms with Crippen molar-refractivity contribution in [2.24, 2.45) is 0 Å². The number of benzene rings is 1. The van der Waals surface area contributed by atoms with Crippen molar-refractivity contribution in [1.82, 2.24) is 4.90 Å². The van der Waals surface area contributed by atoms with Crippen LogP contribution in [-0.2, 0) is 20.7 Å². The van der Waals surface area contributed by atoms with Crippen molar-refractivity contribution in [3.63, 3.8) is 0 Å². The second-order valence-electron chi connectivity index (χ2n) is 5.04. The first-order valence-corrected chi connectivity index (χ1v) is 7.08. The van der Waals surface area contributed by atoms with Crippen LogP contribution in [0.3, 0.4) is 0 Å². The smallest absolute Gasteiger partial charge is 0.325 e. The number of hydrogen-bond donors (Lipinski definition) is 0. The number of carbonyl (C=O) groups is 2. The van der Waals surface area contributed by atoms with E-state index in [0.717, 1.165) is 11.3 Å². The maximum Gasteiger partial charge on any atom is 0.325 e. The van der Waals surface area contributed by atoms with Gasteiger partial charge in [0.2, 0.25) is 5.91 Å². The van der Waals surface area contributed by atoms with E-state index in [9.17, 15) is 9.59 Å². The van der Waals surface area contributed by atoms with Crippen LogP contribution in [0.1, 0.15) is 18.9 Å². The molecule has 0 heterocycles. The van der Waals surface area contributed by atoms with Crippen LogP contribution in [0.2, 0.25) is 0 Å². The quantitative estimate of drug-likeness (QED) is 0.718. The normalized spacial score (nSPS) is 10.1. The molecule has 0 aliphatic rings. The molecule has 0 N–H and O–H groups in total. The summed E-state index contributed by atoms with van der Waals surface area (Å²) in [6, 6.07) is 8.12. The van der Waals surface area contributed by atoms with Crippen LogP contribution in [0, 0.1) is 0 Å². The van der Waals surface area contributed by atoms with Crippen LogP contribution < -0.4 is 4.90 Å². The first-order chi connectivity index (χ1) is 9.97. The van der Waals surface area contributed by atoms with Gasteiger partial charge in [-0.15, -0.1) is 0 Å². The Morgan fingerprint density at radius 2 is 1.76 bits per heavy atom. The average molecular weight is 292 g/mol. The molecule has 0 fully saturated rings. The molecular weight excluding hydrogens is 268 g/mol. The van der Waals surface area contributed by atoms with E-state index in [2.05, 4.69) is 4.74 Å². The minimum atomic E-state index is -0.388. The lowest BCUT2D eigenvalue weighted by molar-refractivity contribution is -0.146. The molecule has 0 spiro atoms. The molecule has 5 nitrogen and oxygen atoms in total. The minimum absolute atomic E-state index is 0.0192. The monoisotopic (exact) mass is 292 g/mol. The molecule has 0 saturated heterocycles. The van der Waals surface area contributed by atoms with Gasteiger partial charge in [-0.05, 0) is 31.0 Å². The van der Waals surface area contributed by atoms with E-state index >= 15 is 0 Å². The Morgan fingerprint density at radius 3 is 2.24 bits per heavy atom. The Morgan fingerprint density at radius 1 is 1.14 bits per heavy atom. The van der Waals surface area contributed by atoms with Gasteiger partial charge < -0.3 is 14.5 Å². The number of hydrogen-bond acceptors (Lipinski definition) is 4. The van der Waals surface area contributed by atoms with Crippen molar-refractivity contribution in [3.8, 4) is 0 Å². The molecule has 1 aromatic rings. The lowest BCUT2D eigenvalue weighted by Crippen LogP contribution is -2.36. The first-order valence-electron chi connectivity index (χ1n) is 7.08. The van der Waals surface area contributed by atoms with Gasteiger partial charge in [0.25, 0.3) is 0 Å². The van der Waals surface area contributed by atoms with Gasteiger partial charge in [0.05, 0.1) is 7.11 Å². The number of esters is 1. The number of nitrogens with zero attached hydrogens (tertiary/aromatic N) is 2. The van der Waals surface area contributed by atoms with Gasteiger partial charge in [-0.2, -0.15) is 0 Å². The zero-order chi connectivity index (χ0) is 15.8. The number of ether oxygens (including phenoxy) is 1. The zero-order valence-corrected chi connectivity index (χ0v) is 13.3. The van der Waals surface area contributed by atoms with E-state index < -0.39 is 0 Å². The van der Waals surface area contributed by atoms with Crippen LogP contribution in [0.15, 0.2) is 24.3 Å². The maximum atomic E-state index is 12.1. The summed E-state index contributed by atoms with van der Waals surface area (Å²) in [4.78, 5) is 26.9. The highest BCUT2D eigenvalue weighted by molar-refractivity contribution is 5.82. The highest BCUT2D eigenvalue weighted by Gasteiger charge is 2.15. The summed E-state index contributed by atoms with van der Waals surface area (Å²) in [6.07, 6.45) is 1.07. The van der Waals surface area contributed by atoms with Crippen LogP contribution in [0.4, 0.5) is 5.69 Å². The third kappa shape index (κ3) is 5.45. The standard InChI is InChI=1S/C16H24N2O3/c1-5-18(12-16(20)21-4)15(19)11-8-13-6-9-14(10-7-13)17(2)3/h6-7,9-10H,5,8,11-12H2,1-4H3. The Hall–Kier alpha value is -2.04. The minimum Gasteiger partial charge on any atom is -0.468 e. The summed E-state index contributed by atoms with van der Waals surface area (Å²) in [6.45, 7) is 2.38. The molecule has 116 valence electrons. The Labute approximate surface area is 126 Å². The molecule has 1 rings (SSSR count). The van der Waals surface area contributed by atoms with E-state index in [0.29, 0.717) is 19.4 Å². The van der Waals surface area contributed by atoms with Gasteiger partial charge in [-0.1, -0.05) is 12.1 Å². The number of amides is 1. The fourth-order valence-corrected chi connectivity index (χ4v) is 1.97. The number of carbonyl (C=O) groups excluding carboxylic acids is 2. The molecule has 0 atom stereocenters. The van der Waals surface area contributed by atoms with Crippen molar-refractivity contribution in [2.75, 3.05) is 39.2 Å². The Balaban J connectivity index is 2.52. The third-order valence-electron chi connectivity index (χ3n) is 3.36. The molecule has 1 amide bonds. The lowest BCUT2D eigenvalue weighted by Gasteiger charge is -2.19. The SMILES string of the molecule is CCN(CC(=O)OC)C(=O)CCc1ccc(N(C)C)cc1. The topological polar surface area (TPSA) is 49.9 Å². The lowest BCUT2D eigenvalue weighted by atomic mass is 10.1. The second kappa shape index (κ2) is 8.29. The van der Waals surface area contributed by atoms with Gasteiger partial charge in [0.1, 0.15) is 6.54 Å². The number of likely N-dealkylation sites (N-methyl/N-ethyl adjacent to an activating group) is 1. The number of aryl methyl sites for hydroxylation is 1. The van der Waals surface area contributed by atoms with Crippen molar-refractivity contribution < 1.29 is 14.3 Å². The average Bonchev–Trinajstić information content (AvgIpc) is 2.50. The Kier molecular flexibility index (Phi) is 6.72. The van der Waals surface area contributed by atoms with Crippen LogP contribution in [0.25, 0.3) is 0 Å². The fraction of sp³-hybridized carbons (Fsp3) is 0.500. The Bertz CT molecular complexity index is 469. The van der Waals surface area contributed by atoms with E-state index in [1.165, 1.54) is 12.0 Å². The summed E-state index contributed by atoms with van der Waals surface area (Å²) in [5.74, 6) is -0.417. The molecule has 0 aromatic heterocycles. The predicted octanol–water partition coefficient (Wildman–Crippen LogP) is 1.71. The summed E-state index contributed by atoms with van der Waals surface area (Å²) in [5.41, 5.74) is 2.24. The summed E-state index contributed by atoms with van der Waals surface area (Å²) in [7, 11) is 5.31. The number of rotatable bonds is 7. The molecule has 0 radical (unpaired) electrons. The molecule has 0 saturated carbocycles. The van der Waals surface area contributed by atoms with Gasteiger partial charge in [0, 0.05) is 32.7 Å². The molecule has 5 heteroatoms. The summed E-state index contributed by atoms with van der Waals surface area (Å²) >= 11 is 0. The van der Waals surface area contributed by atoms with Gasteiger partial charge in [0.15, 0.2) is 0 Å². The molecule has 0 aliphatic carbocycles. The van der Waals surface area contributed by atoms with Crippen molar-refractivity contribution in [2.45, 2.75) is 19.8 Å². The molecule has 0 aliphatic heterocycles. The van der Waals surface area contributed by atoms with E-state index in [-0.39, 0.29) is 18.4 Å². The fourth-order valence-electron chi connectivity index (χ4n) is 1.97. The van der Waals surface area contributed by atoms with Gasteiger partial charge >= 0.3 is 5.97 Å². The molecule has 21 heavy (non-hydrogen) atoms. The van der Waals surface area contributed by atoms with Crippen molar-refractivity contribution in [3.05, 3.63) is 29.8 Å². The van der Waals surface area contributed by atoms with Crippen molar-refractivity contribution >= 4 is 17.6 Å². The highest BCUT2D eigenvalue weighted by Crippen LogP contribution is 2.13. The number of methoxy groups -OCH3 is 1.